The fourth-order valence-electron chi connectivity index (χ4n) is 4.40. The van der Waals surface area contributed by atoms with Gasteiger partial charge in [0.2, 0.25) is 5.75 Å². The van der Waals surface area contributed by atoms with Crippen LogP contribution in [0.15, 0.2) is 30.5 Å². The first-order valence-corrected chi connectivity index (χ1v) is 12.0. The third-order valence-corrected chi connectivity index (χ3v) is 6.07. The smallest absolute Gasteiger partial charge is 0.410 e. The highest BCUT2D eigenvalue weighted by Crippen LogP contribution is 2.40. The van der Waals surface area contributed by atoms with Crippen LogP contribution < -0.4 is 14.2 Å². The van der Waals surface area contributed by atoms with E-state index >= 15 is 0 Å². The van der Waals surface area contributed by atoms with Crippen LogP contribution in [0.25, 0.3) is 11.3 Å². The van der Waals surface area contributed by atoms with E-state index in [-0.39, 0.29) is 6.09 Å². The molecule has 0 spiro atoms. The van der Waals surface area contributed by atoms with Crippen molar-refractivity contribution < 1.29 is 23.7 Å². The van der Waals surface area contributed by atoms with Crippen molar-refractivity contribution >= 4 is 6.09 Å². The Morgan fingerprint density at radius 1 is 1.06 bits per heavy atom. The molecule has 0 N–H and O–H groups in total. The van der Waals surface area contributed by atoms with Gasteiger partial charge in [-0.3, -0.25) is 4.98 Å². The maximum atomic E-state index is 12.3. The Kier molecular flexibility index (Phi) is 8.83. The fourth-order valence-corrected chi connectivity index (χ4v) is 4.40. The van der Waals surface area contributed by atoms with Crippen molar-refractivity contribution in [3.05, 3.63) is 36.0 Å². The third-order valence-electron chi connectivity index (χ3n) is 6.07. The van der Waals surface area contributed by atoms with E-state index in [0.29, 0.717) is 23.2 Å². The van der Waals surface area contributed by atoms with Gasteiger partial charge in [0, 0.05) is 37.9 Å². The number of likely N-dealkylation sites (tertiary alicyclic amines) is 1. The molecule has 1 aliphatic rings. The molecular weight excluding hydrogens is 446 g/mol. The minimum atomic E-state index is -0.459. The summed E-state index contributed by atoms with van der Waals surface area (Å²) >= 11 is 0. The second kappa shape index (κ2) is 11.6. The number of ether oxygens (including phenoxy) is 4. The number of hydrogen-bond acceptors (Lipinski definition) is 7. The Hall–Kier alpha value is -3.00. The van der Waals surface area contributed by atoms with Gasteiger partial charge in [-0.1, -0.05) is 0 Å². The predicted molar refractivity (Wildman–Crippen MR) is 136 cm³/mol. The molecule has 192 valence electrons. The number of benzene rings is 1. The van der Waals surface area contributed by atoms with Gasteiger partial charge < -0.3 is 28.7 Å². The number of nitrogens with zero attached hydrogens (tertiary/aromatic N) is 3. The molecule has 2 heterocycles. The zero-order chi connectivity index (χ0) is 25.6. The molecule has 0 bridgehead atoms. The van der Waals surface area contributed by atoms with Crippen molar-refractivity contribution in [2.45, 2.75) is 45.8 Å². The maximum absolute atomic E-state index is 12.3. The lowest BCUT2D eigenvalue weighted by atomic mass is 9.96. The lowest BCUT2D eigenvalue weighted by Gasteiger charge is -2.34. The Bertz CT molecular complexity index is 972. The number of carbonyl (C=O) groups is 1. The van der Waals surface area contributed by atoms with Crippen LogP contribution in [0.5, 0.6) is 17.2 Å². The van der Waals surface area contributed by atoms with Gasteiger partial charge in [-0.15, -0.1) is 0 Å². The molecule has 2 aromatic rings. The zero-order valence-electron chi connectivity index (χ0n) is 22.1. The van der Waals surface area contributed by atoms with Gasteiger partial charge in [-0.05, 0) is 76.4 Å². The molecule has 35 heavy (non-hydrogen) atoms. The van der Waals surface area contributed by atoms with Crippen LogP contribution in [0, 0.1) is 5.92 Å². The first-order valence-electron chi connectivity index (χ1n) is 12.0. The van der Waals surface area contributed by atoms with Gasteiger partial charge in [-0.2, -0.15) is 0 Å². The molecule has 0 saturated carbocycles. The summed E-state index contributed by atoms with van der Waals surface area (Å²) in [4.78, 5) is 21.0. The molecule has 1 fully saturated rings. The molecule has 0 unspecified atom stereocenters. The molecule has 1 aromatic heterocycles. The fraction of sp³-hybridized carbons (Fsp3) is 0.556. The molecule has 1 amide bonds. The highest BCUT2D eigenvalue weighted by atomic mass is 16.6. The third kappa shape index (κ3) is 7.24. The number of methoxy groups -OCH3 is 3. The summed E-state index contributed by atoms with van der Waals surface area (Å²) in [6.45, 7) is 8.98. The lowest BCUT2D eigenvalue weighted by Crippen LogP contribution is -2.43. The average Bonchev–Trinajstić information content (AvgIpc) is 2.82. The quantitative estimate of drug-likeness (QED) is 0.529. The summed E-state index contributed by atoms with van der Waals surface area (Å²) in [5.41, 5.74) is 2.47. The van der Waals surface area contributed by atoms with E-state index in [1.165, 1.54) is 5.56 Å². The van der Waals surface area contributed by atoms with E-state index in [4.69, 9.17) is 18.9 Å². The minimum Gasteiger partial charge on any atom is -0.493 e. The number of carbonyl (C=O) groups excluding carboxylic acids is 1. The van der Waals surface area contributed by atoms with Crippen LogP contribution in [-0.2, 0) is 11.3 Å². The van der Waals surface area contributed by atoms with Gasteiger partial charge in [0.25, 0.3) is 0 Å². The van der Waals surface area contributed by atoms with E-state index in [1.807, 2.05) is 50.1 Å². The second-order valence-electron chi connectivity index (χ2n) is 10.1. The topological polar surface area (TPSA) is 73.4 Å². The number of amides is 1. The zero-order valence-corrected chi connectivity index (χ0v) is 22.1. The molecule has 0 radical (unpaired) electrons. The van der Waals surface area contributed by atoms with Crippen LogP contribution in [0.3, 0.4) is 0 Å². The normalized spacial score (nSPS) is 14.7. The molecule has 8 nitrogen and oxygen atoms in total. The number of aromatic nitrogens is 1. The van der Waals surface area contributed by atoms with Crippen molar-refractivity contribution in [2.24, 2.45) is 5.92 Å². The monoisotopic (exact) mass is 485 g/mol. The Morgan fingerprint density at radius 2 is 1.69 bits per heavy atom. The summed E-state index contributed by atoms with van der Waals surface area (Å²) < 4.78 is 21.9. The second-order valence-corrected chi connectivity index (χ2v) is 10.1. The number of pyridine rings is 1. The van der Waals surface area contributed by atoms with Gasteiger partial charge in [0.05, 0.1) is 27.0 Å². The van der Waals surface area contributed by atoms with E-state index in [9.17, 15) is 4.79 Å². The first-order chi connectivity index (χ1) is 16.6. The van der Waals surface area contributed by atoms with E-state index in [2.05, 4.69) is 23.0 Å². The molecule has 0 aliphatic carbocycles. The van der Waals surface area contributed by atoms with Gasteiger partial charge >= 0.3 is 6.09 Å². The molecule has 0 atom stereocenters. The Morgan fingerprint density at radius 3 is 2.23 bits per heavy atom. The van der Waals surface area contributed by atoms with Crippen molar-refractivity contribution in [1.82, 2.24) is 14.8 Å². The lowest BCUT2D eigenvalue weighted by molar-refractivity contribution is 0.0172. The van der Waals surface area contributed by atoms with E-state index < -0.39 is 5.60 Å². The summed E-state index contributed by atoms with van der Waals surface area (Å²) in [7, 11) is 6.95. The summed E-state index contributed by atoms with van der Waals surface area (Å²) in [6.07, 6.45) is 3.59. The minimum absolute atomic E-state index is 0.208. The largest absolute Gasteiger partial charge is 0.493 e. The van der Waals surface area contributed by atoms with Crippen molar-refractivity contribution in [2.75, 3.05) is 48.0 Å². The maximum Gasteiger partial charge on any atom is 0.410 e. The van der Waals surface area contributed by atoms with Crippen LogP contribution in [-0.4, -0.2) is 74.5 Å². The molecule has 1 saturated heterocycles. The van der Waals surface area contributed by atoms with Crippen molar-refractivity contribution in [3.63, 3.8) is 0 Å². The number of piperidine rings is 1. The number of rotatable bonds is 8. The van der Waals surface area contributed by atoms with Crippen molar-refractivity contribution in [3.8, 4) is 28.5 Å². The van der Waals surface area contributed by atoms with Gasteiger partial charge in [-0.25, -0.2) is 4.79 Å². The highest BCUT2D eigenvalue weighted by molar-refractivity contribution is 5.69. The number of hydrogen-bond donors (Lipinski definition) is 0. The molecule has 3 rings (SSSR count). The SMILES string of the molecule is COc1cc(-c2cc(CN(C)CC3CCN(C(=O)OC(C)(C)C)CC3)ccn2)cc(OC)c1OC. The summed E-state index contributed by atoms with van der Waals surface area (Å²) in [6, 6.07) is 7.97. The van der Waals surface area contributed by atoms with Crippen LogP contribution in [0.2, 0.25) is 0 Å². The predicted octanol–water partition coefficient (Wildman–Crippen LogP) is 4.85. The Labute approximate surface area is 209 Å². The summed E-state index contributed by atoms with van der Waals surface area (Å²) in [5.74, 6) is 2.32. The van der Waals surface area contributed by atoms with Gasteiger partial charge in [0.1, 0.15) is 5.60 Å². The van der Waals surface area contributed by atoms with E-state index in [1.54, 1.807) is 21.3 Å². The van der Waals surface area contributed by atoms with Crippen LogP contribution >= 0.6 is 0 Å². The van der Waals surface area contributed by atoms with Gasteiger partial charge in [0.15, 0.2) is 11.5 Å². The first kappa shape index (κ1) is 26.6. The molecule has 8 heteroatoms. The molecule has 1 aromatic carbocycles. The van der Waals surface area contributed by atoms with Crippen molar-refractivity contribution in [1.29, 1.82) is 0 Å². The van der Waals surface area contributed by atoms with Crippen LogP contribution in [0.4, 0.5) is 4.79 Å². The average molecular weight is 486 g/mol. The highest BCUT2D eigenvalue weighted by Gasteiger charge is 2.27. The molecular formula is C27H39N3O5. The van der Waals surface area contributed by atoms with Crippen LogP contribution in [0.1, 0.15) is 39.2 Å². The van der Waals surface area contributed by atoms with E-state index in [0.717, 1.165) is 50.3 Å². The Balaban J connectivity index is 1.60. The standard InChI is InChI=1S/C27H39N3O5/c1-27(2,3)35-26(31)30-12-9-19(10-13-30)17-29(4)18-20-8-11-28-22(14-20)21-15-23(32-5)25(34-7)24(16-21)33-6/h8,11,14-16,19H,9-10,12-13,17-18H2,1-7H3. The summed E-state index contributed by atoms with van der Waals surface area (Å²) in [5, 5.41) is 0. The molecule has 1 aliphatic heterocycles.